The Kier molecular flexibility index (Phi) is 11.6. The van der Waals surface area contributed by atoms with Gasteiger partial charge in [0, 0.05) is 67.3 Å². The molecule has 8 heteroatoms. The van der Waals surface area contributed by atoms with Gasteiger partial charge in [0.2, 0.25) is 0 Å². The van der Waals surface area contributed by atoms with E-state index in [9.17, 15) is 13.6 Å². The molecule has 42 heavy (non-hydrogen) atoms. The van der Waals surface area contributed by atoms with Gasteiger partial charge in [0.05, 0.1) is 0 Å². The van der Waals surface area contributed by atoms with Gasteiger partial charge in [0.1, 0.15) is 17.2 Å². The van der Waals surface area contributed by atoms with Crippen molar-refractivity contribution in [3.8, 4) is 0 Å². The fourth-order valence-corrected chi connectivity index (χ4v) is 5.38. The standard InChI is InChI=1S/C34H44F2N4O2/c1-8-30(27-14-16-37-17-15-27)32(25(4)40-19-18-39(23-24(40)3)33(41)42-34(5,6)7)31(38-9-2)13-11-10-12-26-20-28(35)22-29(36)21-26/h8-9,14-17,20-22,24H,2,10-13,18-19,23H2,1,3-7H3/b30-8-,32-25+,38-31?. The predicted molar refractivity (Wildman–Crippen MR) is 166 cm³/mol. The van der Waals surface area contributed by atoms with Crippen molar-refractivity contribution in [3.63, 3.8) is 0 Å². The fraction of sp³-hybridized carbons (Fsp3) is 0.441. The summed E-state index contributed by atoms with van der Waals surface area (Å²) in [7, 11) is 0. The van der Waals surface area contributed by atoms with Crippen LogP contribution in [0.2, 0.25) is 0 Å². The Morgan fingerprint density at radius 1 is 1.14 bits per heavy atom. The average molecular weight is 579 g/mol. The summed E-state index contributed by atoms with van der Waals surface area (Å²) in [5.74, 6) is -1.12. The second-order valence-electron chi connectivity index (χ2n) is 11.6. The maximum absolute atomic E-state index is 13.7. The molecule has 1 unspecified atom stereocenters. The van der Waals surface area contributed by atoms with E-state index in [0.717, 1.165) is 47.0 Å². The van der Waals surface area contributed by atoms with Crippen molar-refractivity contribution >= 4 is 17.4 Å². The summed E-state index contributed by atoms with van der Waals surface area (Å²) in [5, 5.41) is 0. The van der Waals surface area contributed by atoms with E-state index in [4.69, 9.17) is 9.73 Å². The molecule has 0 radical (unpaired) electrons. The van der Waals surface area contributed by atoms with Crippen LogP contribution >= 0.6 is 0 Å². The number of carbonyl (C=O) groups excluding carboxylic acids is 1. The number of amides is 1. The van der Waals surface area contributed by atoms with E-state index in [1.54, 1.807) is 23.5 Å². The van der Waals surface area contributed by atoms with Crippen LogP contribution < -0.4 is 0 Å². The van der Waals surface area contributed by atoms with Crippen molar-refractivity contribution in [3.05, 3.63) is 95.6 Å². The normalized spacial score (nSPS) is 17.2. The molecule has 1 fully saturated rings. The Morgan fingerprint density at radius 2 is 1.81 bits per heavy atom. The largest absolute Gasteiger partial charge is 0.444 e. The molecule has 0 bridgehead atoms. The number of halogens is 2. The van der Waals surface area contributed by atoms with Crippen molar-refractivity contribution in [2.75, 3.05) is 19.6 Å². The summed E-state index contributed by atoms with van der Waals surface area (Å²) >= 11 is 0. The molecule has 0 spiro atoms. The zero-order chi connectivity index (χ0) is 30.9. The Morgan fingerprint density at radius 3 is 2.38 bits per heavy atom. The highest BCUT2D eigenvalue weighted by molar-refractivity contribution is 6.14. The number of unbranched alkanes of at least 4 members (excludes halogenated alkanes) is 1. The van der Waals surface area contributed by atoms with Crippen LogP contribution in [-0.4, -0.2) is 57.9 Å². The van der Waals surface area contributed by atoms with Crippen LogP contribution in [0, 0.1) is 11.6 Å². The van der Waals surface area contributed by atoms with Crippen LogP contribution in [0.1, 0.15) is 71.9 Å². The number of ether oxygens (including phenoxy) is 1. The molecule has 3 rings (SSSR count). The zero-order valence-corrected chi connectivity index (χ0v) is 25.8. The number of hydrogen-bond acceptors (Lipinski definition) is 5. The summed E-state index contributed by atoms with van der Waals surface area (Å²) in [6.07, 6.45) is 9.65. The van der Waals surface area contributed by atoms with Crippen molar-refractivity contribution in [2.24, 2.45) is 4.99 Å². The molecule has 1 aliphatic rings. The minimum Gasteiger partial charge on any atom is -0.444 e. The van der Waals surface area contributed by atoms with Gasteiger partial charge < -0.3 is 14.5 Å². The van der Waals surface area contributed by atoms with Crippen LogP contribution in [0.4, 0.5) is 13.6 Å². The van der Waals surface area contributed by atoms with Crippen molar-refractivity contribution in [1.82, 2.24) is 14.8 Å². The SMILES string of the molecule is C=CN=C(CCCCc1cc(F)cc(F)c1)C(/C(=C\C)c1ccncc1)=C(\C)N1CCN(C(=O)OC(C)(C)C)CC1C. The van der Waals surface area contributed by atoms with Gasteiger partial charge in [0.25, 0.3) is 0 Å². The first-order valence-electron chi connectivity index (χ1n) is 14.6. The molecule has 1 amide bonds. The molecule has 0 aliphatic carbocycles. The van der Waals surface area contributed by atoms with Gasteiger partial charge in [-0.25, -0.2) is 13.6 Å². The Hall–Kier alpha value is -3.81. The van der Waals surface area contributed by atoms with Gasteiger partial charge in [0.15, 0.2) is 0 Å². The fourth-order valence-electron chi connectivity index (χ4n) is 5.38. The van der Waals surface area contributed by atoms with E-state index in [2.05, 4.69) is 36.4 Å². The van der Waals surface area contributed by atoms with Crippen molar-refractivity contribution < 1.29 is 18.3 Å². The molecule has 226 valence electrons. The summed E-state index contributed by atoms with van der Waals surface area (Å²) in [4.78, 5) is 25.8. The molecule has 0 N–H and O–H groups in total. The number of hydrogen-bond donors (Lipinski definition) is 0. The smallest absolute Gasteiger partial charge is 0.410 e. The summed E-state index contributed by atoms with van der Waals surface area (Å²) in [5.41, 5.74) is 5.11. The topological polar surface area (TPSA) is 58.0 Å². The molecule has 2 aromatic rings. The molecule has 2 heterocycles. The average Bonchev–Trinajstić information content (AvgIpc) is 2.92. The zero-order valence-electron chi connectivity index (χ0n) is 25.8. The molecule has 6 nitrogen and oxygen atoms in total. The molecular weight excluding hydrogens is 534 g/mol. The van der Waals surface area contributed by atoms with E-state index in [1.165, 1.54) is 12.1 Å². The van der Waals surface area contributed by atoms with Gasteiger partial charge in [-0.2, -0.15) is 0 Å². The third kappa shape index (κ3) is 9.10. The molecular formula is C34H44F2N4O2. The number of rotatable bonds is 10. The van der Waals surface area contributed by atoms with Crippen LogP contribution in [0.25, 0.3) is 5.57 Å². The predicted octanol–water partition coefficient (Wildman–Crippen LogP) is 7.98. The highest BCUT2D eigenvalue weighted by atomic mass is 19.1. The van der Waals surface area contributed by atoms with Crippen LogP contribution in [0.5, 0.6) is 0 Å². The number of nitrogens with zero attached hydrogens (tertiary/aromatic N) is 4. The third-order valence-electron chi connectivity index (χ3n) is 7.21. The maximum atomic E-state index is 13.7. The van der Waals surface area contributed by atoms with E-state index in [1.807, 2.05) is 39.8 Å². The van der Waals surface area contributed by atoms with E-state index in [-0.39, 0.29) is 12.1 Å². The number of aliphatic imine (C=N–C) groups is 1. The highest BCUT2D eigenvalue weighted by Crippen LogP contribution is 2.32. The lowest BCUT2D eigenvalue weighted by atomic mass is 9.89. The lowest BCUT2D eigenvalue weighted by Gasteiger charge is -2.42. The van der Waals surface area contributed by atoms with Crippen LogP contribution in [-0.2, 0) is 11.2 Å². The van der Waals surface area contributed by atoms with Gasteiger partial charge in [-0.15, -0.1) is 0 Å². The minimum atomic E-state index is -0.560. The molecule has 0 saturated carbocycles. The molecule has 1 aromatic heterocycles. The monoisotopic (exact) mass is 578 g/mol. The number of piperazine rings is 1. The second kappa shape index (κ2) is 14.9. The summed E-state index contributed by atoms with van der Waals surface area (Å²) < 4.78 is 33.0. The highest BCUT2D eigenvalue weighted by Gasteiger charge is 2.31. The van der Waals surface area contributed by atoms with Crippen molar-refractivity contribution in [1.29, 1.82) is 0 Å². The third-order valence-corrected chi connectivity index (χ3v) is 7.21. The van der Waals surface area contributed by atoms with Crippen LogP contribution in [0.3, 0.4) is 0 Å². The molecule has 1 saturated heterocycles. The number of carbonyl (C=O) groups is 1. The Balaban J connectivity index is 1.90. The van der Waals surface area contributed by atoms with Gasteiger partial charge in [-0.1, -0.05) is 12.7 Å². The first-order chi connectivity index (χ1) is 19.9. The first-order valence-corrected chi connectivity index (χ1v) is 14.6. The van der Waals surface area contributed by atoms with Gasteiger partial charge in [-0.3, -0.25) is 9.98 Å². The van der Waals surface area contributed by atoms with E-state index >= 15 is 0 Å². The Labute approximate surface area is 249 Å². The number of allylic oxidation sites excluding steroid dienone is 4. The molecule has 1 aliphatic heterocycles. The summed E-state index contributed by atoms with van der Waals surface area (Å²) in [6, 6.07) is 7.68. The first kappa shape index (κ1) is 32.7. The van der Waals surface area contributed by atoms with Gasteiger partial charge in [-0.05, 0) is 108 Å². The number of aromatic nitrogens is 1. The number of benzene rings is 1. The number of aryl methyl sites for hydroxylation is 1. The van der Waals surface area contributed by atoms with Crippen molar-refractivity contribution in [2.45, 2.75) is 78.9 Å². The second-order valence-corrected chi connectivity index (χ2v) is 11.6. The summed E-state index contributed by atoms with van der Waals surface area (Å²) in [6.45, 7) is 17.5. The maximum Gasteiger partial charge on any atom is 0.410 e. The van der Waals surface area contributed by atoms with Gasteiger partial charge >= 0.3 is 6.09 Å². The Bertz CT molecular complexity index is 1310. The molecule has 1 atom stereocenters. The number of pyridine rings is 1. The minimum absolute atomic E-state index is 0.0460. The quantitative estimate of drug-likeness (QED) is 0.163. The van der Waals surface area contributed by atoms with Crippen LogP contribution in [0.15, 0.2) is 77.8 Å². The molecule has 1 aromatic carbocycles. The lowest BCUT2D eigenvalue weighted by Crippen LogP contribution is -2.54. The van der Waals surface area contributed by atoms with E-state index in [0.29, 0.717) is 38.0 Å². The lowest BCUT2D eigenvalue weighted by molar-refractivity contribution is 0.0101. The van der Waals surface area contributed by atoms with E-state index < -0.39 is 17.2 Å².